The van der Waals surface area contributed by atoms with E-state index in [4.69, 9.17) is 37.6 Å². The third-order valence-electron chi connectivity index (χ3n) is 12.8. The molecule has 1 saturated heterocycles. The van der Waals surface area contributed by atoms with Gasteiger partial charge in [-0.1, -0.05) is 20.8 Å². The fourth-order valence-electron chi connectivity index (χ4n) is 7.55. The van der Waals surface area contributed by atoms with Crippen molar-refractivity contribution in [1.82, 2.24) is 0 Å². The fourth-order valence-corrected chi connectivity index (χ4v) is 13.0. The van der Waals surface area contributed by atoms with Gasteiger partial charge in [-0.05, 0) is 18.1 Å². The molecule has 0 aromatic heterocycles. The molecule has 10 nitrogen and oxygen atoms in total. The normalized spacial score (nSPS) is 18.4. The van der Waals surface area contributed by atoms with Crippen molar-refractivity contribution >= 4 is 55.8 Å². The van der Waals surface area contributed by atoms with Crippen molar-refractivity contribution in [3.8, 4) is 11.5 Å². The average molecular weight is 1040 g/mol. The molecule has 0 amide bonds. The molecule has 14 heteroatoms. The van der Waals surface area contributed by atoms with Crippen LogP contribution in [0.15, 0.2) is 72.8 Å². The van der Waals surface area contributed by atoms with E-state index in [-0.39, 0.29) is 43.6 Å². The van der Waals surface area contributed by atoms with E-state index in [9.17, 15) is 9.59 Å². The van der Waals surface area contributed by atoms with Crippen molar-refractivity contribution in [3.05, 3.63) is 89.5 Å². The Bertz CT molecular complexity index is 2000. The Labute approximate surface area is 413 Å². The van der Waals surface area contributed by atoms with Crippen LogP contribution in [0.4, 0.5) is 0 Å². The van der Waals surface area contributed by atoms with E-state index in [1.165, 1.54) is 4.46 Å². The summed E-state index contributed by atoms with van der Waals surface area (Å²) in [5.74, 6) is -0.545. The van der Waals surface area contributed by atoms with Crippen LogP contribution in [0.5, 0.6) is 11.5 Å². The van der Waals surface area contributed by atoms with Crippen LogP contribution in [0.2, 0.25) is 69.5 Å². The van der Waals surface area contributed by atoms with Crippen molar-refractivity contribution in [2.75, 3.05) is 27.1 Å². The van der Waals surface area contributed by atoms with Gasteiger partial charge in [-0.25, -0.2) is 0 Å². The molecule has 0 N–H and O–H groups in total. The standard InChI is InChI=1S/C53H84O10SeSi3/c1-38(39(2)63-67(15,16)52(3,4)5)27-28-44(60-50(54)40-23-19-17-20-24-40)49-45(61-53(6,7)62-49)29-30-47(64-42-25-21-18-22-26-42)43-35-41(57-31-33-65(9,10)11)36-46(59-37-56-8)48(43)51(55)58-32-34-66(12,13)14/h17-26,35-36,38-39,44-45,47,49H,27-34,37H2,1-16H3/t38-,39?,44?,45+,47?,49?/m1/s1. The number of methoxy groups -OCH3 is 1. The van der Waals surface area contributed by atoms with Gasteiger partial charge in [-0.15, -0.1) is 0 Å². The summed E-state index contributed by atoms with van der Waals surface area (Å²) in [5.41, 5.74) is 1.69. The average Bonchev–Trinajstić information content (AvgIpc) is 3.55. The molecule has 1 fully saturated rings. The van der Waals surface area contributed by atoms with Crippen LogP contribution >= 0.6 is 0 Å². The molecule has 0 saturated carbocycles. The fraction of sp³-hybridized carbons (Fsp3) is 0.623. The summed E-state index contributed by atoms with van der Waals surface area (Å²) in [6.45, 7) is 34.2. The third-order valence-corrected chi connectivity index (χ3v) is 23.5. The number of rotatable bonds is 26. The molecule has 1 heterocycles. The number of ether oxygens (including phenoxy) is 7. The van der Waals surface area contributed by atoms with Crippen LogP contribution in [0.3, 0.4) is 0 Å². The van der Waals surface area contributed by atoms with E-state index in [0.717, 1.165) is 24.1 Å². The first-order chi connectivity index (χ1) is 31.2. The predicted octanol–water partition coefficient (Wildman–Crippen LogP) is 12.3. The topological polar surface area (TPSA) is 108 Å². The van der Waals surface area contributed by atoms with Crippen LogP contribution in [0.1, 0.15) is 105 Å². The molecular weight excluding hydrogens is 960 g/mol. The minimum absolute atomic E-state index is 0.0183. The van der Waals surface area contributed by atoms with Crippen LogP contribution < -0.4 is 13.9 Å². The van der Waals surface area contributed by atoms with Crippen LogP contribution in [-0.4, -0.2) is 109 Å². The second kappa shape index (κ2) is 24.9. The van der Waals surface area contributed by atoms with Gasteiger partial charge in [0, 0.05) is 0 Å². The van der Waals surface area contributed by atoms with E-state index in [1.807, 2.05) is 50.2 Å². The second-order valence-corrected chi connectivity index (χ2v) is 41.3. The van der Waals surface area contributed by atoms with Crippen molar-refractivity contribution in [3.63, 3.8) is 0 Å². The number of hydrogen-bond donors (Lipinski definition) is 0. The van der Waals surface area contributed by atoms with Gasteiger partial charge in [0.05, 0.1) is 0 Å². The van der Waals surface area contributed by atoms with Gasteiger partial charge in [-0.2, -0.15) is 0 Å². The first-order valence-corrected chi connectivity index (χ1v) is 36.5. The zero-order chi connectivity index (χ0) is 49.8. The van der Waals surface area contributed by atoms with E-state index in [0.29, 0.717) is 55.1 Å². The van der Waals surface area contributed by atoms with Gasteiger partial charge < -0.3 is 0 Å². The maximum absolute atomic E-state index is 14.5. The predicted molar refractivity (Wildman–Crippen MR) is 280 cm³/mol. The summed E-state index contributed by atoms with van der Waals surface area (Å²) >= 11 is -0.163. The summed E-state index contributed by atoms with van der Waals surface area (Å²) in [7, 11) is -3.38. The molecule has 1 aliphatic rings. The van der Waals surface area contributed by atoms with Gasteiger partial charge >= 0.3 is 377 Å². The number of hydrogen-bond acceptors (Lipinski definition) is 10. The summed E-state index contributed by atoms with van der Waals surface area (Å²) in [4.78, 5) is 28.3. The zero-order valence-electron chi connectivity index (χ0n) is 43.7. The Kier molecular flexibility index (Phi) is 21.1. The molecule has 0 radical (unpaired) electrons. The minimum atomic E-state index is -2.02. The first kappa shape index (κ1) is 56.8. The monoisotopic (exact) mass is 1040 g/mol. The summed E-state index contributed by atoms with van der Waals surface area (Å²) < 4.78 is 52.4. The molecule has 3 aromatic rings. The van der Waals surface area contributed by atoms with Crippen LogP contribution in [0, 0.1) is 5.92 Å². The molecule has 3 aromatic carbocycles. The second-order valence-electron chi connectivity index (χ2n) is 22.6. The molecule has 0 spiro atoms. The Balaban J connectivity index is 1.77. The van der Waals surface area contributed by atoms with Gasteiger partial charge in [0.1, 0.15) is 0 Å². The van der Waals surface area contributed by atoms with Crippen molar-refractivity contribution in [1.29, 1.82) is 0 Å². The summed E-state index contributed by atoms with van der Waals surface area (Å²) in [5, 5.41) is 0.0808. The molecule has 0 bridgehead atoms. The maximum atomic E-state index is 14.5. The SMILES string of the molecule is COCOc1cc(OCC[Si](C)(C)C)cc(C(CC[C@@H]2OC(C)(C)OC2C(CC[C@@H](C)C(C)O[Si](C)(C)C(C)(C)C)OC(=O)c2ccccc2)[Se]c2ccccc2)c1C(=O)OCC[Si](C)(C)C. The number of esters is 2. The quantitative estimate of drug-likeness (QED) is 0.0438. The summed E-state index contributed by atoms with van der Waals surface area (Å²) in [6.07, 6.45) is 0.937. The van der Waals surface area contributed by atoms with E-state index >= 15 is 0 Å². The molecule has 6 atom stereocenters. The number of carbonyl (C=O) groups is 2. The van der Waals surface area contributed by atoms with Crippen molar-refractivity contribution in [2.24, 2.45) is 5.92 Å². The van der Waals surface area contributed by atoms with E-state index < -0.39 is 60.5 Å². The van der Waals surface area contributed by atoms with Crippen molar-refractivity contribution < 1.29 is 47.2 Å². The molecule has 4 rings (SSSR count). The van der Waals surface area contributed by atoms with Crippen LogP contribution in [0.25, 0.3) is 0 Å². The molecule has 0 aliphatic carbocycles. The first-order valence-electron chi connectivity index (χ1n) is 24.3. The molecule has 67 heavy (non-hydrogen) atoms. The van der Waals surface area contributed by atoms with E-state index in [2.05, 4.69) is 111 Å². The third kappa shape index (κ3) is 18.5. The molecule has 1 aliphatic heterocycles. The Morgan fingerprint density at radius 3 is 1.99 bits per heavy atom. The summed E-state index contributed by atoms with van der Waals surface area (Å²) in [6, 6.07) is 25.2. The van der Waals surface area contributed by atoms with Gasteiger partial charge in [0.25, 0.3) is 0 Å². The molecular formula is C53H84O10SeSi3. The van der Waals surface area contributed by atoms with Crippen molar-refractivity contribution in [2.45, 2.75) is 179 Å². The van der Waals surface area contributed by atoms with Gasteiger partial charge in [0.15, 0.2) is 0 Å². The molecule has 4 unspecified atom stereocenters. The number of carbonyl (C=O) groups excluding carboxylic acids is 2. The van der Waals surface area contributed by atoms with Gasteiger partial charge in [0.2, 0.25) is 0 Å². The Morgan fingerprint density at radius 2 is 1.39 bits per heavy atom. The molecule has 374 valence electrons. The van der Waals surface area contributed by atoms with Gasteiger partial charge in [-0.3, -0.25) is 0 Å². The Morgan fingerprint density at radius 1 is 0.776 bits per heavy atom. The Hall–Kier alpha value is -2.79. The number of benzene rings is 3. The zero-order valence-corrected chi connectivity index (χ0v) is 48.5. The van der Waals surface area contributed by atoms with Crippen LogP contribution in [-0.2, 0) is 28.1 Å². The van der Waals surface area contributed by atoms with E-state index in [1.54, 1.807) is 19.2 Å².